The van der Waals surface area contributed by atoms with Crippen molar-refractivity contribution in [1.29, 1.82) is 0 Å². The second kappa shape index (κ2) is 7.82. The third-order valence-corrected chi connectivity index (χ3v) is 5.60. The molecule has 1 amide bonds. The molecule has 1 aromatic rings. The van der Waals surface area contributed by atoms with Gasteiger partial charge < -0.3 is 10.0 Å². The molecule has 1 aliphatic carbocycles. The second-order valence-corrected chi connectivity index (χ2v) is 7.29. The number of hydrogen-bond donors (Lipinski definition) is 1. The standard InChI is InChI=1S/C20H27NO3/c22-19(23)14-15-10-12-21(13-11-15)20(24)18-8-6-17(7-9-18)16-4-2-1-3-5-16/h6-9,15-16H,1-5,10-14H2,(H,22,23). The van der Waals surface area contributed by atoms with E-state index in [1.54, 1.807) is 0 Å². The predicted molar refractivity (Wildman–Crippen MR) is 93.1 cm³/mol. The summed E-state index contributed by atoms with van der Waals surface area (Å²) in [6, 6.07) is 8.19. The average molecular weight is 329 g/mol. The van der Waals surface area contributed by atoms with Gasteiger partial charge in [-0.25, -0.2) is 0 Å². The van der Waals surface area contributed by atoms with E-state index in [0.29, 0.717) is 19.0 Å². The minimum atomic E-state index is -0.738. The van der Waals surface area contributed by atoms with Crippen molar-refractivity contribution in [1.82, 2.24) is 4.90 Å². The maximum atomic E-state index is 12.6. The van der Waals surface area contributed by atoms with Crippen molar-refractivity contribution in [3.63, 3.8) is 0 Å². The van der Waals surface area contributed by atoms with E-state index >= 15 is 0 Å². The van der Waals surface area contributed by atoms with Crippen molar-refractivity contribution in [3.8, 4) is 0 Å². The van der Waals surface area contributed by atoms with E-state index in [2.05, 4.69) is 12.1 Å². The number of nitrogens with zero attached hydrogens (tertiary/aromatic N) is 1. The summed E-state index contributed by atoms with van der Waals surface area (Å²) in [5.41, 5.74) is 2.12. The third kappa shape index (κ3) is 4.16. The molecule has 1 N–H and O–H groups in total. The summed E-state index contributed by atoms with van der Waals surface area (Å²) < 4.78 is 0. The number of rotatable bonds is 4. The van der Waals surface area contributed by atoms with Crippen molar-refractivity contribution in [2.75, 3.05) is 13.1 Å². The number of carboxylic acid groups (broad SMARTS) is 1. The number of amides is 1. The van der Waals surface area contributed by atoms with Gasteiger partial charge >= 0.3 is 5.97 Å². The van der Waals surface area contributed by atoms with Crippen LogP contribution in [0.3, 0.4) is 0 Å². The van der Waals surface area contributed by atoms with Gasteiger partial charge in [-0.05, 0) is 55.2 Å². The molecular weight excluding hydrogens is 302 g/mol. The minimum absolute atomic E-state index is 0.0824. The SMILES string of the molecule is O=C(O)CC1CCN(C(=O)c2ccc(C3CCCCC3)cc2)CC1. The van der Waals surface area contributed by atoms with Crippen LogP contribution in [0.4, 0.5) is 0 Å². The molecule has 2 fully saturated rings. The normalized spacial score (nSPS) is 20.1. The molecule has 1 saturated carbocycles. The summed E-state index contributed by atoms with van der Waals surface area (Å²) in [5, 5.41) is 8.87. The van der Waals surface area contributed by atoms with Gasteiger partial charge in [0.05, 0.1) is 0 Å². The Hall–Kier alpha value is -1.84. The molecule has 4 nitrogen and oxygen atoms in total. The van der Waals surface area contributed by atoms with Gasteiger partial charge in [-0.15, -0.1) is 0 Å². The maximum Gasteiger partial charge on any atom is 0.303 e. The van der Waals surface area contributed by atoms with E-state index in [9.17, 15) is 9.59 Å². The third-order valence-electron chi connectivity index (χ3n) is 5.60. The van der Waals surface area contributed by atoms with E-state index in [1.165, 1.54) is 37.7 Å². The lowest BCUT2D eigenvalue weighted by molar-refractivity contribution is -0.138. The fourth-order valence-electron chi connectivity index (χ4n) is 4.10. The van der Waals surface area contributed by atoms with E-state index in [4.69, 9.17) is 5.11 Å². The van der Waals surface area contributed by atoms with Crippen LogP contribution < -0.4 is 0 Å². The van der Waals surface area contributed by atoms with Gasteiger partial charge in [0.2, 0.25) is 0 Å². The number of carboxylic acids is 1. The first kappa shape index (κ1) is 17.0. The number of benzene rings is 1. The number of carbonyl (C=O) groups is 2. The second-order valence-electron chi connectivity index (χ2n) is 7.29. The molecule has 2 aliphatic rings. The van der Waals surface area contributed by atoms with Crippen molar-refractivity contribution in [2.24, 2.45) is 5.92 Å². The predicted octanol–water partition coefficient (Wildman–Crippen LogP) is 4.06. The van der Waals surface area contributed by atoms with E-state index < -0.39 is 5.97 Å². The molecule has 1 aliphatic heterocycles. The van der Waals surface area contributed by atoms with Crippen molar-refractivity contribution in [2.45, 2.75) is 57.3 Å². The zero-order valence-corrected chi connectivity index (χ0v) is 14.2. The maximum absolute atomic E-state index is 12.6. The largest absolute Gasteiger partial charge is 0.481 e. The Morgan fingerprint density at radius 2 is 1.58 bits per heavy atom. The Bertz CT molecular complexity index is 567. The van der Waals surface area contributed by atoms with Crippen LogP contribution in [0, 0.1) is 5.92 Å². The Labute approximate surface area is 143 Å². The number of carbonyl (C=O) groups excluding carboxylic acids is 1. The van der Waals surface area contributed by atoms with Gasteiger partial charge in [-0.3, -0.25) is 9.59 Å². The lowest BCUT2D eigenvalue weighted by Crippen LogP contribution is -2.38. The molecule has 0 spiro atoms. The number of likely N-dealkylation sites (tertiary alicyclic amines) is 1. The van der Waals surface area contributed by atoms with Crippen LogP contribution >= 0.6 is 0 Å². The Kier molecular flexibility index (Phi) is 5.54. The molecule has 0 radical (unpaired) electrons. The van der Waals surface area contributed by atoms with Gasteiger partial charge in [0.25, 0.3) is 5.91 Å². The highest BCUT2D eigenvalue weighted by Gasteiger charge is 2.25. The smallest absolute Gasteiger partial charge is 0.303 e. The van der Waals surface area contributed by atoms with Gasteiger partial charge in [-0.2, -0.15) is 0 Å². The summed E-state index contributed by atoms with van der Waals surface area (Å²) in [4.78, 5) is 25.3. The first-order valence-corrected chi connectivity index (χ1v) is 9.24. The molecule has 0 aromatic heterocycles. The first-order valence-electron chi connectivity index (χ1n) is 9.24. The molecule has 4 heteroatoms. The van der Waals surface area contributed by atoms with E-state index in [-0.39, 0.29) is 18.2 Å². The monoisotopic (exact) mass is 329 g/mol. The van der Waals surface area contributed by atoms with Crippen LogP contribution in [0.25, 0.3) is 0 Å². The molecule has 1 aromatic carbocycles. The fourth-order valence-corrected chi connectivity index (χ4v) is 4.10. The lowest BCUT2D eigenvalue weighted by Gasteiger charge is -2.31. The molecule has 1 heterocycles. The number of hydrogen-bond acceptors (Lipinski definition) is 2. The Morgan fingerprint density at radius 1 is 0.958 bits per heavy atom. The summed E-state index contributed by atoms with van der Waals surface area (Å²) in [6.07, 6.45) is 8.32. The lowest BCUT2D eigenvalue weighted by atomic mass is 9.84. The summed E-state index contributed by atoms with van der Waals surface area (Å²) in [5.74, 6) is 0.215. The summed E-state index contributed by atoms with van der Waals surface area (Å²) >= 11 is 0. The highest BCUT2D eigenvalue weighted by molar-refractivity contribution is 5.94. The topological polar surface area (TPSA) is 57.6 Å². The molecule has 130 valence electrons. The Morgan fingerprint density at radius 3 is 2.17 bits per heavy atom. The zero-order valence-electron chi connectivity index (χ0n) is 14.2. The van der Waals surface area contributed by atoms with Crippen LogP contribution in [0.2, 0.25) is 0 Å². The Balaban J connectivity index is 1.56. The van der Waals surface area contributed by atoms with Gasteiger partial charge in [0.1, 0.15) is 0 Å². The van der Waals surface area contributed by atoms with Crippen LogP contribution in [-0.4, -0.2) is 35.0 Å². The minimum Gasteiger partial charge on any atom is -0.481 e. The van der Waals surface area contributed by atoms with E-state index in [0.717, 1.165) is 18.4 Å². The quantitative estimate of drug-likeness (QED) is 0.906. The molecule has 0 atom stereocenters. The van der Waals surface area contributed by atoms with Gasteiger partial charge in [0.15, 0.2) is 0 Å². The van der Waals surface area contributed by atoms with E-state index in [1.807, 2.05) is 17.0 Å². The zero-order chi connectivity index (χ0) is 16.9. The highest BCUT2D eigenvalue weighted by Crippen LogP contribution is 2.32. The summed E-state index contributed by atoms with van der Waals surface area (Å²) in [6.45, 7) is 1.34. The summed E-state index contributed by atoms with van der Waals surface area (Å²) in [7, 11) is 0. The van der Waals surface area contributed by atoms with Gasteiger partial charge in [-0.1, -0.05) is 31.4 Å². The first-order chi connectivity index (χ1) is 11.6. The van der Waals surface area contributed by atoms with Gasteiger partial charge in [0, 0.05) is 25.1 Å². The average Bonchev–Trinajstić information content (AvgIpc) is 2.62. The molecule has 3 rings (SSSR count). The molecule has 0 bridgehead atoms. The van der Waals surface area contributed by atoms with Crippen molar-refractivity contribution >= 4 is 11.9 Å². The highest BCUT2D eigenvalue weighted by atomic mass is 16.4. The van der Waals surface area contributed by atoms with Crippen LogP contribution in [0.1, 0.15) is 73.2 Å². The molecule has 24 heavy (non-hydrogen) atoms. The van der Waals surface area contributed by atoms with Crippen molar-refractivity contribution in [3.05, 3.63) is 35.4 Å². The van der Waals surface area contributed by atoms with Crippen LogP contribution in [0.15, 0.2) is 24.3 Å². The molecule has 1 saturated heterocycles. The van der Waals surface area contributed by atoms with Crippen LogP contribution in [-0.2, 0) is 4.79 Å². The van der Waals surface area contributed by atoms with Crippen LogP contribution in [0.5, 0.6) is 0 Å². The number of piperidine rings is 1. The molecule has 0 unspecified atom stereocenters. The fraction of sp³-hybridized carbons (Fsp3) is 0.600. The number of aliphatic carboxylic acids is 1. The molecular formula is C20H27NO3. The van der Waals surface area contributed by atoms with Crippen molar-refractivity contribution < 1.29 is 14.7 Å².